The highest BCUT2D eigenvalue weighted by Gasteiger charge is 2.21. The van der Waals surface area contributed by atoms with Crippen molar-refractivity contribution in [2.24, 2.45) is 0 Å². The van der Waals surface area contributed by atoms with Crippen molar-refractivity contribution >= 4 is 28.2 Å². The molecular formula is C18H19N3O4S. The molecule has 3 rings (SSSR count). The molecule has 1 aromatic carbocycles. The number of nitrogens with zero attached hydrogens (tertiary/aromatic N) is 2. The number of nitrogens with one attached hydrogen (secondary N) is 1. The van der Waals surface area contributed by atoms with Crippen LogP contribution >= 0.6 is 0 Å². The number of fused-ring (bicyclic) bond motifs is 1. The lowest BCUT2D eigenvalue weighted by molar-refractivity contribution is -0.136. The minimum absolute atomic E-state index is 0.0759. The van der Waals surface area contributed by atoms with Gasteiger partial charge in [0, 0.05) is 28.5 Å². The van der Waals surface area contributed by atoms with Crippen LogP contribution in [0.2, 0.25) is 0 Å². The van der Waals surface area contributed by atoms with E-state index in [2.05, 4.69) is 15.0 Å². The van der Waals surface area contributed by atoms with E-state index in [9.17, 15) is 9.35 Å². The number of methoxy groups -OCH3 is 1. The molecule has 0 amide bonds. The third-order valence-corrected chi connectivity index (χ3v) is 5.27. The van der Waals surface area contributed by atoms with Crippen LogP contribution in [0.4, 0.5) is 0 Å². The number of pyridine rings is 1. The molecule has 136 valence electrons. The van der Waals surface area contributed by atoms with Crippen LogP contribution in [-0.4, -0.2) is 37.7 Å². The minimum atomic E-state index is -1.41. The number of carboxylic acid groups (broad SMARTS) is 1. The number of carboxylic acids is 1. The summed E-state index contributed by atoms with van der Waals surface area (Å²) in [6.07, 6.45) is 1.63. The molecule has 0 spiro atoms. The lowest BCUT2D eigenvalue weighted by Gasteiger charge is -2.13. The smallest absolute Gasteiger partial charge is 0.322 e. The highest BCUT2D eigenvalue weighted by Crippen LogP contribution is 2.26. The molecule has 0 aliphatic carbocycles. The number of aromatic nitrogens is 3. The largest absolute Gasteiger partial charge is 0.609 e. The lowest BCUT2D eigenvalue weighted by Crippen LogP contribution is -2.10. The van der Waals surface area contributed by atoms with Crippen LogP contribution in [0.15, 0.2) is 29.6 Å². The Morgan fingerprint density at radius 2 is 2.15 bits per heavy atom. The minimum Gasteiger partial charge on any atom is -0.609 e. The van der Waals surface area contributed by atoms with Crippen molar-refractivity contribution in [1.82, 2.24) is 15.0 Å². The molecular weight excluding hydrogens is 354 g/mol. The SMILES string of the molecule is COc1c(C)cnc(C[S+]([O-])c2nc3cc(CC(=O)O)ccc3[nH]2)c1C. The number of aromatic amines is 1. The fraction of sp³-hybridized carbons (Fsp3) is 0.278. The summed E-state index contributed by atoms with van der Waals surface area (Å²) < 4.78 is 18.1. The van der Waals surface area contributed by atoms with Gasteiger partial charge < -0.3 is 14.4 Å². The van der Waals surface area contributed by atoms with Gasteiger partial charge in [-0.2, -0.15) is 4.98 Å². The Hall–Kier alpha value is -2.58. The average molecular weight is 373 g/mol. The summed E-state index contributed by atoms with van der Waals surface area (Å²) in [5, 5.41) is 9.23. The Morgan fingerprint density at radius 1 is 1.38 bits per heavy atom. The molecule has 0 aliphatic rings. The van der Waals surface area contributed by atoms with E-state index in [0.717, 1.165) is 16.9 Å². The molecule has 0 fully saturated rings. The van der Waals surface area contributed by atoms with E-state index in [1.165, 1.54) is 0 Å². The molecule has 3 aromatic rings. The van der Waals surface area contributed by atoms with Crippen LogP contribution in [0.25, 0.3) is 11.0 Å². The predicted molar refractivity (Wildman–Crippen MR) is 97.8 cm³/mol. The summed E-state index contributed by atoms with van der Waals surface area (Å²) in [5.74, 6) is 0.0538. The van der Waals surface area contributed by atoms with Gasteiger partial charge >= 0.3 is 11.1 Å². The van der Waals surface area contributed by atoms with Crippen LogP contribution in [-0.2, 0) is 28.1 Å². The number of hydrogen-bond acceptors (Lipinski definition) is 5. The zero-order chi connectivity index (χ0) is 18.8. The number of aliphatic carboxylic acids is 1. The van der Waals surface area contributed by atoms with Crippen molar-refractivity contribution < 1.29 is 19.2 Å². The second-order valence-electron chi connectivity index (χ2n) is 6.00. The van der Waals surface area contributed by atoms with Gasteiger partial charge in [-0.3, -0.25) is 14.8 Å². The van der Waals surface area contributed by atoms with Gasteiger partial charge in [-0.15, -0.1) is 0 Å². The Bertz CT molecular complexity index is 970. The van der Waals surface area contributed by atoms with E-state index in [1.807, 2.05) is 13.8 Å². The van der Waals surface area contributed by atoms with Gasteiger partial charge in [0.05, 0.1) is 30.3 Å². The zero-order valence-corrected chi connectivity index (χ0v) is 15.5. The third-order valence-electron chi connectivity index (χ3n) is 4.11. The molecule has 26 heavy (non-hydrogen) atoms. The number of hydrogen-bond donors (Lipinski definition) is 2. The second-order valence-corrected chi connectivity index (χ2v) is 7.37. The summed E-state index contributed by atoms with van der Waals surface area (Å²) in [6, 6.07) is 5.16. The Labute approximate surface area is 153 Å². The third kappa shape index (κ3) is 3.66. The number of imidazole rings is 1. The molecule has 1 atom stereocenters. The van der Waals surface area contributed by atoms with E-state index in [4.69, 9.17) is 9.84 Å². The first-order chi connectivity index (χ1) is 12.4. The van der Waals surface area contributed by atoms with Crippen LogP contribution in [0.1, 0.15) is 22.4 Å². The highest BCUT2D eigenvalue weighted by molar-refractivity contribution is 7.90. The van der Waals surface area contributed by atoms with Crippen molar-refractivity contribution in [3.8, 4) is 5.75 Å². The maximum absolute atomic E-state index is 12.7. The number of carbonyl (C=O) groups is 1. The summed E-state index contributed by atoms with van der Waals surface area (Å²) in [4.78, 5) is 22.6. The number of ether oxygens (including phenoxy) is 1. The summed E-state index contributed by atoms with van der Waals surface area (Å²) in [5.41, 5.74) is 4.44. The fourth-order valence-corrected chi connectivity index (χ4v) is 3.93. The van der Waals surface area contributed by atoms with Crippen molar-refractivity contribution in [2.75, 3.05) is 7.11 Å². The maximum atomic E-state index is 12.7. The molecule has 0 aliphatic heterocycles. The van der Waals surface area contributed by atoms with E-state index in [-0.39, 0.29) is 12.2 Å². The first kappa shape index (κ1) is 18.2. The monoisotopic (exact) mass is 373 g/mol. The van der Waals surface area contributed by atoms with E-state index >= 15 is 0 Å². The topological polar surface area (TPSA) is 111 Å². The Balaban J connectivity index is 1.86. The van der Waals surface area contributed by atoms with Crippen molar-refractivity contribution in [1.29, 1.82) is 0 Å². The summed E-state index contributed by atoms with van der Waals surface area (Å²) in [6.45, 7) is 3.80. The van der Waals surface area contributed by atoms with Gasteiger partial charge in [0.2, 0.25) is 0 Å². The molecule has 1 unspecified atom stereocenters. The van der Waals surface area contributed by atoms with Gasteiger partial charge in [0.25, 0.3) is 0 Å². The molecule has 7 nitrogen and oxygen atoms in total. The van der Waals surface area contributed by atoms with Gasteiger partial charge in [-0.25, -0.2) is 0 Å². The van der Waals surface area contributed by atoms with Gasteiger partial charge in [-0.05, 0) is 31.5 Å². The second kappa shape index (κ2) is 7.35. The van der Waals surface area contributed by atoms with Gasteiger partial charge in [0.1, 0.15) is 5.75 Å². The molecule has 2 N–H and O–H groups in total. The molecule has 0 radical (unpaired) electrons. The molecule has 2 aromatic heterocycles. The fourth-order valence-electron chi connectivity index (χ4n) is 2.83. The van der Waals surface area contributed by atoms with Crippen LogP contribution in [0, 0.1) is 13.8 Å². The molecule has 2 heterocycles. The van der Waals surface area contributed by atoms with Gasteiger partial charge in [0.15, 0.2) is 5.75 Å². The predicted octanol–water partition coefficient (Wildman–Crippen LogP) is 2.52. The highest BCUT2D eigenvalue weighted by atomic mass is 32.2. The van der Waals surface area contributed by atoms with Crippen molar-refractivity contribution in [3.63, 3.8) is 0 Å². The van der Waals surface area contributed by atoms with Crippen molar-refractivity contribution in [3.05, 3.63) is 46.8 Å². The standard InChI is InChI=1S/C18H19N3O4S/c1-10-8-19-15(11(2)17(10)25-3)9-26(24)18-20-13-5-4-12(7-16(22)23)6-14(13)21-18/h4-6,8H,7,9H2,1-3H3,(H,20,21)(H,22,23). The quantitative estimate of drug-likeness (QED) is 0.642. The number of aryl methyl sites for hydroxylation is 1. The molecule has 0 saturated carbocycles. The molecule has 0 saturated heterocycles. The van der Waals surface area contributed by atoms with Crippen LogP contribution in [0.3, 0.4) is 0 Å². The van der Waals surface area contributed by atoms with Gasteiger partial charge in [-0.1, -0.05) is 6.07 Å². The zero-order valence-electron chi connectivity index (χ0n) is 14.7. The van der Waals surface area contributed by atoms with Crippen LogP contribution < -0.4 is 4.74 Å². The van der Waals surface area contributed by atoms with E-state index < -0.39 is 17.1 Å². The summed E-state index contributed by atoms with van der Waals surface area (Å²) >= 11 is -1.41. The first-order valence-electron chi connectivity index (χ1n) is 7.97. The maximum Gasteiger partial charge on any atom is 0.322 e. The average Bonchev–Trinajstić information content (AvgIpc) is 3.01. The summed E-state index contributed by atoms with van der Waals surface area (Å²) in [7, 11) is 1.60. The Kier molecular flexibility index (Phi) is 5.15. The number of rotatable bonds is 6. The normalized spacial score (nSPS) is 12.3. The molecule has 8 heteroatoms. The van der Waals surface area contributed by atoms with E-state index in [0.29, 0.717) is 27.4 Å². The number of H-pyrrole nitrogens is 1. The molecule has 0 bridgehead atoms. The number of benzene rings is 1. The lowest BCUT2D eigenvalue weighted by atomic mass is 10.1. The van der Waals surface area contributed by atoms with E-state index in [1.54, 1.807) is 31.5 Å². The van der Waals surface area contributed by atoms with Crippen LogP contribution in [0.5, 0.6) is 5.75 Å². The first-order valence-corrected chi connectivity index (χ1v) is 9.28. The van der Waals surface area contributed by atoms with Crippen molar-refractivity contribution in [2.45, 2.75) is 31.2 Å². The Morgan fingerprint density at radius 3 is 2.85 bits per heavy atom.